The molecule has 3 N–H and O–H groups in total. The molecular weight excluding hydrogens is 584 g/mol. The standard InChI is InChI=1S/C19H21NO3.C18H19NO4/c1-14-6-5-9-16(10-14)11-17(18-13-22-18)20-19(21)23-12-15-7-3-2-4-8-15;1-13-6-5-9-15(10-13)11-16(17(20)21)19-18(22)23-12-14-7-3-2-4-8-14/h2-10,17-18H,11-13H2,1H3,(H,20,21);2-10,16H,11-12H2,1H3,(H,19,22)(H,20,21)/t17?,18-;/m0./s1. The van der Waals surface area contributed by atoms with Crippen LogP contribution in [0.3, 0.4) is 0 Å². The molecule has 0 spiro atoms. The third-order valence-electron chi connectivity index (χ3n) is 7.19. The number of aryl methyl sites for hydroxylation is 2. The first kappa shape index (κ1) is 33.7. The number of alkyl carbamates (subject to hydrolysis) is 2. The Morgan fingerprint density at radius 2 is 1.15 bits per heavy atom. The lowest BCUT2D eigenvalue weighted by Crippen LogP contribution is -2.42. The second kappa shape index (κ2) is 17.4. The molecule has 0 aromatic heterocycles. The van der Waals surface area contributed by atoms with Crippen LogP contribution in [-0.2, 0) is 45.1 Å². The van der Waals surface area contributed by atoms with E-state index in [9.17, 15) is 19.5 Å². The fourth-order valence-corrected chi connectivity index (χ4v) is 4.75. The van der Waals surface area contributed by atoms with Crippen LogP contribution in [0.4, 0.5) is 9.59 Å². The van der Waals surface area contributed by atoms with Crippen LogP contribution in [0.15, 0.2) is 109 Å². The highest BCUT2D eigenvalue weighted by Gasteiger charge is 2.34. The fourth-order valence-electron chi connectivity index (χ4n) is 4.75. The van der Waals surface area contributed by atoms with Gasteiger partial charge in [-0.1, -0.05) is 120 Å². The van der Waals surface area contributed by atoms with Crippen molar-refractivity contribution in [2.75, 3.05) is 6.61 Å². The molecule has 240 valence electrons. The van der Waals surface area contributed by atoms with Crippen LogP contribution < -0.4 is 10.6 Å². The van der Waals surface area contributed by atoms with Crippen LogP contribution in [0.25, 0.3) is 0 Å². The second-order valence-corrected chi connectivity index (χ2v) is 11.2. The molecule has 1 heterocycles. The van der Waals surface area contributed by atoms with Gasteiger partial charge in [-0.05, 0) is 42.5 Å². The first-order valence-electron chi connectivity index (χ1n) is 15.1. The smallest absolute Gasteiger partial charge is 0.408 e. The van der Waals surface area contributed by atoms with Crippen LogP contribution in [-0.4, -0.2) is 48.1 Å². The fraction of sp³-hybridized carbons (Fsp3) is 0.270. The molecule has 1 aliphatic rings. The zero-order valence-electron chi connectivity index (χ0n) is 26.1. The summed E-state index contributed by atoms with van der Waals surface area (Å²) in [5.74, 6) is -1.09. The lowest BCUT2D eigenvalue weighted by molar-refractivity contribution is -0.139. The Kier molecular flexibility index (Phi) is 12.7. The third-order valence-corrected chi connectivity index (χ3v) is 7.19. The lowest BCUT2D eigenvalue weighted by Gasteiger charge is -2.17. The largest absolute Gasteiger partial charge is 0.480 e. The van der Waals surface area contributed by atoms with Gasteiger partial charge < -0.3 is 30.0 Å². The molecule has 4 aromatic carbocycles. The molecule has 1 saturated heterocycles. The number of carbonyl (C=O) groups is 3. The summed E-state index contributed by atoms with van der Waals surface area (Å²) < 4.78 is 15.7. The van der Waals surface area contributed by atoms with Crippen molar-refractivity contribution < 1.29 is 33.7 Å². The first-order valence-corrected chi connectivity index (χ1v) is 15.1. The molecule has 46 heavy (non-hydrogen) atoms. The SMILES string of the molecule is Cc1cccc(CC(NC(=O)OCc2ccccc2)C(=O)O)c1.Cc1cccc(CC(NC(=O)OCc2ccccc2)[C@@H]2CO2)c1. The van der Waals surface area contributed by atoms with Crippen LogP contribution >= 0.6 is 0 Å². The Balaban J connectivity index is 0.000000209. The highest BCUT2D eigenvalue weighted by Crippen LogP contribution is 2.19. The van der Waals surface area contributed by atoms with Gasteiger partial charge in [0.2, 0.25) is 0 Å². The minimum atomic E-state index is -1.09. The quantitative estimate of drug-likeness (QED) is 0.162. The Hall–Kier alpha value is -5.15. The number of aliphatic carboxylic acids is 1. The van der Waals surface area contributed by atoms with Crippen molar-refractivity contribution in [3.8, 4) is 0 Å². The zero-order chi connectivity index (χ0) is 32.7. The molecular formula is C37H40N2O7. The molecule has 2 unspecified atom stereocenters. The molecule has 3 atom stereocenters. The summed E-state index contributed by atoms with van der Waals surface area (Å²) >= 11 is 0. The van der Waals surface area contributed by atoms with E-state index in [2.05, 4.69) is 35.8 Å². The summed E-state index contributed by atoms with van der Waals surface area (Å²) in [5, 5.41) is 14.6. The van der Waals surface area contributed by atoms with E-state index >= 15 is 0 Å². The molecule has 0 saturated carbocycles. The van der Waals surface area contributed by atoms with Gasteiger partial charge in [-0.15, -0.1) is 0 Å². The Labute approximate surface area is 269 Å². The van der Waals surface area contributed by atoms with Crippen molar-refractivity contribution in [3.63, 3.8) is 0 Å². The molecule has 2 amide bonds. The Morgan fingerprint density at radius 1 is 0.696 bits per heavy atom. The summed E-state index contributed by atoms with van der Waals surface area (Å²) in [6.07, 6.45) is -0.111. The maximum Gasteiger partial charge on any atom is 0.408 e. The van der Waals surface area contributed by atoms with Gasteiger partial charge in [0.25, 0.3) is 0 Å². The van der Waals surface area contributed by atoms with E-state index < -0.39 is 24.2 Å². The molecule has 9 heteroatoms. The van der Waals surface area contributed by atoms with Crippen molar-refractivity contribution in [1.82, 2.24) is 10.6 Å². The molecule has 0 aliphatic carbocycles. The molecule has 1 aliphatic heterocycles. The van der Waals surface area contributed by atoms with Gasteiger partial charge in [0.1, 0.15) is 25.4 Å². The summed E-state index contributed by atoms with van der Waals surface area (Å²) in [7, 11) is 0. The number of rotatable bonds is 12. The number of carboxylic acids is 1. The molecule has 0 bridgehead atoms. The van der Waals surface area contributed by atoms with Crippen molar-refractivity contribution >= 4 is 18.2 Å². The minimum absolute atomic E-state index is 0.0555. The van der Waals surface area contributed by atoms with E-state index in [0.29, 0.717) is 6.61 Å². The summed E-state index contributed by atoms with van der Waals surface area (Å²) in [6.45, 7) is 5.06. The topological polar surface area (TPSA) is 126 Å². The van der Waals surface area contributed by atoms with Crippen molar-refractivity contribution in [2.24, 2.45) is 0 Å². The molecule has 0 radical (unpaired) electrons. The number of carboxylic acid groups (broad SMARTS) is 1. The summed E-state index contributed by atoms with van der Waals surface area (Å²) in [4.78, 5) is 35.1. The van der Waals surface area contributed by atoms with E-state index in [1.807, 2.05) is 97.9 Å². The molecule has 4 aromatic rings. The average molecular weight is 625 g/mol. The normalized spacial score (nSPS) is 14.4. The third kappa shape index (κ3) is 12.1. The van der Waals surface area contributed by atoms with E-state index in [-0.39, 0.29) is 31.8 Å². The highest BCUT2D eigenvalue weighted by molar-refractivity contribution is 5.80. The summed E-state index contributed by atoms with van der Waals surface area (Å²) in [6, 6.07) is 33.6. The van der Waals surface area contributed by atoms with Gasteiger partial charge in [0.05, 0.1) is 12.6 Å². The van der Waals surface area contributed by atoms with Gasteiger partial charge in [-0.3, -0.25) is 0 Å². The van der Waals surface area contributed by atoms with Crippen molar-refractivity contribution in [2.45, 2.75) is 58.1 Å². The molecule has 5 rings (SSSR count). The number of hydrogen-bond acceptors (Lipinski definition) is 6. The van der Waals surface area contributed by atoms with Gasteiger partial charge in [-0.25, -0.2) is 14.4 Å². The number of amides is 2. The van der Waals surface area contributed by atoms with E-state index in [0.717, 1.165) is 28.7 Å². The number of carbonyl (C=O) groups excluding carboxylic acids is 2. The summed E-state index contributed by atoms with van der Waals surface area (Å²) in [5.41, 5.74) is 6.10. The number of nitrogens with one attached hydrogen (secondary N) is 2. The highest BCUT2D eigenvalue weighted by atomic mass is 16.6. The van der Waals surface area contributed by atoms with Crippen molar-refractivity contribution in [3.05, 3.63) is 143 Å². The Bertz CT molecular complexity index is 1560. The zero-order valence-corrected chi connectivity index (χ0v) is 26.1. The van der Waals surface area contributed by atoms with Crippen molar-refractivity contribution in [1.29, 1.82) is 0 Å². The Morgan fingerprint density at radius 3 is 1.61 bits per heavy atom. The number of hydrogen-bond donors (Lipinski definition) is 3. The van der Waals surface area contributed by atoms with Gasteiger partial charge in [0, 0.05) is 6.42 Å². The number of benzene rings is 4. The van der Waals surface area contributed by atoms with E-state index in [1.165, 1.54) is 11.1 Å². The number of epoxide rings is 1. The van der Waals surface area contributed by atoms with E-state index in [4.69, 9.17) is 14.2 Å². The van der Waals surface area contributed by atoms with E-state index in [1.54, 1.807) is 0 Å². The monoisotopic (exact) mass is 624 g/mol. The molecule has 9 nitrogen and oxygen atoms in total. The predicted octanol–water partition coefficient (Wildman–Crippen LogP) is 6.15. The minimum Gasteiger partial charge on any atom is -0.480 e. The van der Waals surface area contributed by atoms with Crippen LogP contribution in [0.2, 0.25) is 0 Å². The maximum atomic E-state index is 12.0. The second-order valence-electron chi connectivity index (χ2n) is 11.2. The van der Waals surface area contributed by atoms with Crippen LogP contribution in [0.1, 0.15) is 33.4 Å². The molecule has 1 fully saturated rings. The first-order chi connectivity index (χ1) is 22.2. The maximum absolute atomic E-state index is 12.0. The number of ether oxygens (including phenoxy) is 3. The lowest BCUT2D eigenvalue weighted by atomic mass is 10.0. The average Bonchev–Trinajstić information content (AvgIpc) is 3.90. The van der Waals surface area contributed by atoms with Gasteiger partial charge in [0.15, 0.2) is 0 Å². The van der Waals surface area contributed by atoms with Gasteiger partial charge in [-0.2, -0.15) is 0 Å². The van der Waals surface area contributed by atoms with Crippen LogP contribution in [0, 0.1) is 13.8 Å². The predicted molar refractivity (Wildman–Crippen MR) is 174 cm³/mol. The van der Waals surface area contributed by atoms with Crippen LogP contribution in [0.5, 0.6) is 0 Å². The van der Waals surface area contributed by atoms with Gasteiger partial charge >= 0.3 is 18.2 Å².